The van der Waals surface area contributed by atoms with E-state index in [9.17, 15) is 26.4 Å². The van der Waals surface area contributed by atoms with E-state index in [1.54, 1.807) is 0 Å². The summed E-state index contributed by atoms with van der Waals surface area (Å²) >= 11 is 0. The minimum Gasteiger partial charge on any atom is -0.386 e. The molecule has 2 fully saturated rings. The quantitative estimate of drug-likeness (QED) is 0.785. The first kappa shape index (κ1) is 20.3. The van der Waals surface area contributed by atoms with Crippen molar-refractivity contribution in [2.45, 2.75) is 42.4 Å². The van der Waals surface area contributed by atoms with Crippen molar-refractivity contribution in [1.29, 1.82) is 0 Å². The van der Waals surface area contributed by atoms with Crippen LogP contribution in [0.3, 0.4) is 0 Å². The van der Waals surface area contributed by atoms with Gasteiger partial charge in [-0.1, -0.05) is 6.07 Å². The molecule has 4 rings (SSSR count). The molecule has 2 N–H and O–H groups in total. The van der Waals surface area contributed by atoms with E-state index < -0.39 is 55.7 Å². The molecule has 1 spiro atoms. The molecule has 158 valence electrons. The van der Waals surface area contributed by atoms with Gasteiger partial charge in [-0.15, -0.1) is 0 Å². The number of hydrogen-bond acceptors (Lipinski definition) is 6. The first-order valence-electron chi connectivity index (χ1n) is 9.26. The number of nitrogens with two attached hydrogens (primary N) is 1. The number of ether oxygens (including phenoxy) is 1. The number of benzene rings is 1. The number of alkyl halides is 2. The number of sulfone groups is 1. The minimum absolute atomic E-state index is 0.0364. The molecule has 3 atom stereocenters. The smallest absolute Gasteiger partial charge is 0.258 e. The van der Waals surface area contributed by atoms with Gasteiger partial charge in [-0.25, -0.2) is 21.6 Å². The van der Waals surface area contributed by atoms with Crippen molar-refractivity contribution in [3.63, 3.8) is 0 Å². The molecule has 3 aliphatic rings. The molecule has 10 heteroatoms. The number of rotatable bonds is 4. The third kappa shape index (κ3) is 3.16. The average Bonchev–Trinajstić information content (AvgIpc) is 3.03. The van der Waals surface area contributed by atoms with Gasteiger partial charge >= 0.3 is 0 Å². The minimum atomic E-state index is -3.81. The van der Waals surface area contributed by atoms with Crippen LogP contribution in [-0.2, 0) is 31.3 Å². The zero-order chi connectivity index (χ0) is 21.2. The van der Waals surface area contributed by atoms with Gasteiger partial charge in [0.05, 0.1) is 18.3 Å². The fourth-order valence-corrected chi connectivity index (χ4v) is 6.44. The lowest BCUT2D eigenvalue weighted by Crippen LogP contribution is -2.58. The van der Waals surface area contributed by atoms with Gasteiger partial charge in [0, 0.05) is 25.0 Å². The van der Waals surface area contributed by atoms with Crippen LogP contribution in [-0.4, -0.2) is 49.7 Å². The van der Waals surface area contributed by atoms with Gasteiger partial charge in [0.2, 0.25) is 0 Å². The second-order valence-corrected chi connectivity index (χ2v) is 10.6. The van der Waals surface area contributed by atoms with Crippen molar-refractivity contribution in [2.75, 3.05) is 19.0 Å². The highest BCUT2D eigenvalue weighted by Gasteiger charge is 2.60. The molecule has 0 bridgehead atoms. The Morgan fingerprint density at radius 1 is 1.38 bits per heavy atom. The molecule has 1 aromatic rings. The highest BCUT2D eigenvalue weighted by Crippen LogP contribution is 2.49. The summed E-state index contributed by atoms with van der Waals surface area (Å²) in [5.41, 5.74) is 4.83. The molecule has 1 unspecified atom stereocenters. The van der Waals surface area contributed by atoms with Crippen LogP contribution in [0.4, 0.5) is 13.2 Å². The van der Waals surface area contributed by atoms with Crippen LogP contribution >= 0.6 is 0 Å². The van der Waals surface area contributed by atoms with E-state index in [1.807, 2.05) is 0 Å². The Balaban J connectivity index is 1.69. The standard InChI is InChI=1S/C19H21F3N2O4S/c1-17(10-29(26,27)18(16(23)24-17)4-5-28-9-18)12-6-11(2-3-14(12)20)7-15(25)13-8-19(13,21)22/h2-3,6,13H,4-5,7-10H2,1H3,(H2,23,24)/t13?,17-,18-/m0/s1. The molecule has 1 aliphatic carbocycles. The largest absolute Gasteiger partial charge is 0.386 e. The fraction of sp³-hybridized carbons (Fsp3) is 0.579. The predicted molar refractivity (Wildman–Crippen MR) is 99.1 cm³/mol. The number of Topliss-reactive ketones (excluding diaryl/α,β-unsaturated/α-hetero) is 1. The summed E-state index contributed by atoms with van der Waals surface area (Å²) in [6.07, 6.45) is -0.568. The maximum atomic E-state index is 14.6. The Kier molecular flexibility index (Phi) is 4.40. The highest BCUT2D eigenvalue weighted by atomic mass is 32.2. The van der Waals surface area contributed by atoms with Crippen molar-refractivity contribution < 1.29 is 31.1 Å². The first-order chi connectivity index (χ1) is 13.4. The normalized spacial score (nSPS) is 34.8. The number of aliphatic imine (C=N–C) groups is 1. The van der Waals surface area contributed by atoms with Gasteiger partial charge in [-0.2, -0.15) is 0 Å². The molecule has 1 saturated carbocycles. The molecule has 2 heterocycles. The van der Waals surface area contributed by atoms with Gasteiger partial charge in [0.25, 0.3) is 5.92 Å². The summed E-state index contributed by atoms with van der Waals surface area (Å²) < 4.78 is 70.8. The average molecular weight is 430 g/mol. The lowest BCUT2D eigenvalue weighted by atomic mass is 9.90. The fourth-order valence-electron chi connectivity index (χ4n) is 4.18. The van der Waals surface area contributed by atoms with Crippen molar-refractivity contribution in [3.8, 4) is 0 Å². The number of ketones is 1. The van der Waals surface area contributed by atoms with E-state index in [0.717, 1.165) is 6.07 Å². The number of amidine groups is 1. The summed E-state index contributed by atoms with van der Waals surface area (Å²) in [6, 6.07) is 3.75. The molecule has 0 radical (unpaired) electrons. The van der Waals surface area contributed by atoms with Crippen LogP contribution in [0.15, 0.2) is 23.2 Å². The number of carbonyl (C=O) groups excluding carboxylic acids is 1. The summed E-state index contributed by atoms with van der Waals surface area (Å²) in [5, 5.41) is 0. The Labute approximate surface area is 166 Å². The lowest BCUT2D eigenvalue weighted by Gasteiger charge is -2.39. The van der Waals surface area contributed by atoms with E-state index in [2.05, 4.69) is 4.99 Å². The SMILES string of the molecule is C[C@@]1(c2cc(CC(=O)C3CC3(F)F)ccc2F)CS(=O)(=O)[C@]2(CCOC2)C(N)=N1. The van der Waals surface area contributed by atoms with Crippen LogP contribution < -0.4 is 5.73 Å². The van der Waals surface area contributed by atoms with Gasteiger partial charge in [-0.3, -0.25) is 9.79 Å². The van der Waals surface area contributed by atoms with Gasteiger partial charge in [-0.05, 0) is 31.0 Å². The summed E-state index contributed by atoms with van der Waals surface area (Å²) in [4.78, 5) is 16.4. The molecule has 1 aromatic carbocycles. The monoisotopic (exact) mass is 430 g/mol. The number of carbonyl (C=O) groups is 1. The second kappa shape index (κ2) is 6.28. The van der Waals surface area contributed by atoms with E-state index in [0.29, 0.717) is 5.56 Å². The van der Waals surface area contributed by atoms with Crippen LogP contribution in [0.1, 0.15) is 30.9 Å². The highest BCUT2D eigenvalue weighted by molar-refractivity contribution is 7.93. The number of nitrogens with zero attached hydrogens (tertiary/aromatic N) is 1. The zero-order valence-electron chi connectivity index (χ0n) is 15.8. The second-order valence-electron chi connectivity index (χ2n) is 8.30. The summed E-state index contributed by atoms with van der Waals surface area (Å²) in [5.74, 6) is -6.21. The Hall–Kier alpha value is -1.94. The van der Waals surface area contributed by atoms with Crippen LogP contribution in [0.25, 0.3) is 0 Å². The molecular weight excluding hydrogens is 409 g/mol. The Morgan fingerprint density at radius 2 is 2.07 bits per heavy atom. The van der Waals surface area contributed by atoms with Gasteiger partial charge < -0.3 is 10.5 Å². The van der Waals surface area contributed by atoms with Crippen molar-refractivity contribution in [1.82, 2.24) is 0 Å². The van der Waals surface area contributed by atoms with Crippen molar-refractivity contribution in [3.05, 3.63) is 35.1 Å². The molecule has 1 saturated heterocycles. The topological polar surface area (TPSA) is 98.8 Å². The summed E-state index contributed by atoms with van der Waals surface area (Å²) in [7, 11) is -3.81. The maximum Gasteiger partial charge on any atom is 0.258 e. The van der Waals surface area contributed by atoms with Gasteiger partial charge in [0.1, 0.15) is 23.0 Å². The number of halogens is 3. The third-order valence-corrected chi connectivity index (χ3v) is 8.75. The summed E-state index contributed by atoms with van der Waals surface area (Å²) in [6.45, 7) is 1.61. The molecule has 6 nitrogen and oxygen atoms in total. The maximum absolute atomic E-state index is 14.6. The van der Waals surface area contributed by atoms with E-state index >= 15 is 0 Å². The molecule has 2 aliphatic heterocycles. The van der Waals surface area contributed by atoms with Gasteiger partial charge in [0.15, 0.2) is 14.6 Å². The lowest BCUT2D eigenvalue weighted by molar-refractivity contribution is -0.121. The van der Waals surface area contributed by atoms with E-state index in [1.165, 1.54) is 19.1 Å². The zero-order valence-corrected chi connectivity index (χ0v) is 16.6. The van der Waals surface area contributed by atoms with Crippen LogP contribution in [0.5, 0.6) is 0 Å². The molecular formula is C19H21F3N2O4S. The van der Waals surface area contributed by atoms with Crippen LogP contribution in [0.2, 0.25) is 0 Å². The third-order valence-electron chi connectivity index (χ3n) is 6.09. The molecule has 0 aromatic heterocycles. The predicted octanol–water partition coefficient (Wildman–Crippen LogP) is 1.75. The van der Waals surface area contributed by atoms with Crippen LogP contribution in [0, 0.1) is 11.7 Å². The Morgan fingerprint density at radius 3 is 2.62 bits per heavy atom. The van der Waals surface area contributed by atoms with E-state index in [-0.39, 0.29) is 37.5 Å². The van der Waals surface area contributed by atoms with Crippen molar-refractivity contribution >= 4 is 21.5 Å². The number of hydrogen-bond donors (Lipinski definition) is 1. The molecule has 0 amide bonds. The first-order valence-corrected chi connectivity index (χ1v) is 10.9. The Bertz CT molecular complexity index is 1020. The van der Waals surface area contributed by atoms with Crippen molar-refractivity contribution in [2.24, 2.45) is 16.6 Å². The van der Waals surface area contributed by atoms with E-state index in [4.69, 9.17) is 10.5 Å². The molecule has 29 heavy (non-hydrogen) atoms.